The molecule has 2 rings (SSSR count). The zero-order valence-electron chi connectivity index (χ0n) is 11.0. The number of piperidine rings is 1. The fourth-order valence-electron chi connectivity index (χ4n) is 2.31. The van der Waals surface area contributed by atoms with E-state index in [4.69, 9.17) is 4.74 Å². The Labute approximate surface area is 108 Å². The first-order valence-electron chi connectivity index (χ1n) is 6.91. The zero-order valence-corrected chi connectivity index (χ0v) is 11.0. The highest BCUT2D eigenvalue weighted by Gasteiger charge is 2.33. The minimum atomic E-state index is -0.220. The van der Waals surface area contributed by atoms with Crippen LogP contribution in [0.1, 0.15) is 39.0 Å². The van der Waals surface area contributed by atoms with Crippen molar-refractivity contribution in [2.24, 2.45) is 0 Å². The molecule has 5 heteroatoms. The molecule has 5 nitrogen and oxygen atoms in total. The molecule has 1 aliphatic carbocycles. The number of hydrogen-bond donors (Lipinski definition) is 1. The molecule has 2 fully saturated rings. The Morgan fingerprint density at radius 3 is 2.89 bits per heavy atom. The summed E-state index contributed by atoms with van der Waals surface area (Å²) in [6.07, 6.45) is 4.61. The van der Waals surface area contributed by atoms with Crippen LogP contribution in [0.3, 0.4) is 0 Å². The largest absolute Gasteiger partial charge is 0.466 e. The number of esters is 1. The monoisotopic (exact) mass is 254 g/mol. The van der Waals surface area contributed by atoms with Crippen molar-refractivity contribution in [3.63, 3.8) is 0 Å². The van der Waals surface area contributed by atoms with Crippen molar-refractivity contribution in [2.45, 2.75) is 51.1 Å². The molecular formula is C13H22N2O3. The molecule has 102 valence electrons. The van der Waals surface area contributed by atoms with E-state index in [9.17, 15) is 9.59 Å². The van der Waals surface area contributed by atoms with Gasteiger partial charge in [-0.3, -0.25) is 9.59 Å². The highest BCUT2D eigenvalue weighted by Crippen LogP contribution is 2.22. The maximum atomic E-state index is 12.2. The van der Waals surface area contributed by atoms with Crippen molar-refractivity contribution in [1.82, 2.24) is 10.2 Å². The molecule has 0 aromatic rings. The number of ether oxygens (including phenoxy) is 1. The quantitative estimate of drug-likeness (QED) is 0.708. The zero-order chi connectivity index (χ0) is 13.0. The number of carbonyl (C=O) groups is 2. The summed E-state index contributed by atoms with van der Waals surface area (Å²) in [5, 5.41) is 3.38. The second-order valence-corrected chi connectivity index (χ2v) is 5.02. The van der Waals surface area contributed by atoms with E-state index in [-0.39, 0.29) is 17.9 Å². The van der Waals surface area contributed by atoms with Crippen molar-refractivity contribution < 1.29 is 14.3 Å². The van der Waals surface area contributed by atoms with E-state index < -0.39 is 0 Å². The lowest BCUT2D eigenvalue weighted by molar-refractivity contribution is -0.144. The maximum absolute atomic E-state index is 12.2. The Balaban J connectivity index is 1.76. The number of rotatable bonds is 6. The molecule has 0 radical (unpaired) electrons. The Kier molecular flexibility index (Phi) is 4.58. The van der Waals surface area contributed by atoms with Crippen LogP contribution in [0.4, 0.5) is 0 Å². The first-order valence-corrected chi connectivity index (χ1v) is 6.91. The van der Waals surface area contributed by atoms with Gasteiger partial charge in [0.25, 0.3) is 0 Å². The molecule has 0 spiro atoms. The van der Waals surface area contributed by atoms with Gasteiger partial charge in [0.05, 0.1) is 19.1 Å². The van der Waals surface area contributed by atoms with Crippen molar-refractivity contribution in [3.8, 4) is 0 Å². The third kappa shape index (κ3) is 3.70. The molecule has 1 saturated carbocycles. The standard InChI is InChI=1S/C13H22N2O3/c1-2-18-12(16)7-9-15-8-3-4-11(13(15)17)14-10-5-6-10/h10-11,14H,2-9H2,1H3. The van der Waals surface area contributed by atoms with Crippen molar-refractivity contribution in [3.05, 3.63) is 0 Å². The number of carbonyl (C=O) groups excluding carboxylic acids is 2. The van der Waals surface area contributed by atoms with Crippen LogP contribution in [0.15, 0.2) is 0 Å². The molecule has 1 saturated heterocycles. The third-order valence-electron chi connectivity index (χ3n) is 3.44. The van der Waals surface area contributed by atoms with Crippen LogP contribution in [0.5, 0.6) is 0 Å². The summed E-state index contributed by atoms with van der Waals surface area (Å²) < 4.78 is 4.88. The molecule has 1 amide bonds. The molecular weight excluding hydrogens is 232 g/mol. The van der Waals surface area contributed by atoms with Gasteiger partial charge in [0, 0.05) is 19.1 Å². The summed E-state index contributed by atoms with van der Waals surface area (Å²) in [5.74, 6) is -0.0694. The average Bonchev–Trinajstić information content (AvgIpc) is 3.15. The molecule has 0 aromatic heterocycles. The maximum Gasteiger partial charge on any atom is 0.307 e. The van der Waals surface area contributed by atoms with Gasteiger partial charge in [0.2, 0.25) is 5.91 Å². The summed E-state index contributed by atoms with van der Waals surface area (Å²) in [6.45, 7) is 3.44. The van der Waals surface area contributed by atoms with E-state index >= 15 is 0 Å². The van der Waals surface area contributed by atoms with Gasteiger partial charge < -0.3 is 15.0 Å². The lowest BCUT2D eigenvalue weighted by atomic mass is 10.0. The van der Waals surface area contributed by atoms with Crippen LogP contribution in [0.2, 0.25) is 0 Å². The van der Waals surface area contributed by atoms with Crippen LogP contribution in [0, 0.1) is 0 Å². The van der Waals surface area contributed by atoms with Gasteiger partial charge >= 0.3 is 5.97 Å². The van der Waals surface area contributed by atoms with Crippen LogP contribution in [-0.2, 0) is 14.3 Å². The molecule has 0 aromatic carbocycles. The normalized spacial score (nSPS) is 24.2. The molecule has 0 bridgehead atoms. The summed E-state index contributed by atoms with van der Waals surface area (Å²) in [6, 6.07) is 0.511. The van der Waals surface area contributed by atoms with Crippen molar-refractivity contribution in [1.29, 1.82) is 0 Å². The summed E-state index contributed by atoms with van der Waals surface area (Å²) in [5.41, 5.74) is 0. The summed E-state index contributed by atoms with van der Waals surface area (Å²) >= 11 is 0. The molecule has 1 heterocycles. The van der Waals surface area contributed by atoms with Gasteiger partial charge in [0.15, 0.2) is 0 Å². The van der Waals surface area contributed by atoms with Crippen LogP contribution in [0.25, 0.3) is 0 Å². The average molecular weight is 254 g/mol. The molecule has 1 atom stereocenters. The highest BCUT2D eigenvalue weighted by atomic mass is 16.5. The lowest BCUT2D eigenvalue weighted by Crippen LogP contribution is -2.51. The van der Waals surface area contributed by atoms with Crippen LogP contribution in [-0.4, -0.2) is 48.6 Å². The molecule has 1 aliphatic heterocycles. The van der Waals surface area contributed by atoms with Gasteiger partial charge in [-0.2, -0.15) is 0 Å². The summed E-state index contributed by atoms with van der Waals surface area (Å²) in [4.78, 5) is 25.2. The number of amides is 1. The van der Waals surface area contributed by atoms with Crippen LogP contribution < -0.4 is 5.32 Å². The van der Waals surface area contributed by atoms with Crippen LogP contribution >= 0.6 is 0 Å². The SMILES string of the molecule is CCOC(=O)CCN1CCCC(NC2CC2)C1=O. The minimum absolute atomic E-state index is 0.0338. The predicted octanol–water partition coefficient (Wildman–Crippen LogP) is 0.683. The number of likely N-dealkylation sites (tertiary alicyclic amines) is 1. The first kappa shape index (κ1) is 13.3. The second-order valence-electron chi connectivity index (χ2n) is 5.02. The van der Waals surface area contributed by atoms with E-state index in [2.05, 4.69) is 5.32 Å². The molecule has 2 aliphatic rings. The van der Waals surface area contributed by atoms with Gasteiger partial charge in [-0.15, -0.1) is 0 Å². The highest BCUT2D eigenvalue weighted by molar-refractivity contribution is 5.83. The fourth-order valence-corrected chi connectivity index (χ4v) is 2.31. The number of nitrogens with one attached hydrogen (secondary N) is 1. The van der Waals surface area contributed by atoms with Gasteiger partial charge in [0.1, 0.15) is 0 Å². The molecule has 1 N–H and O–H groups in total. The fraction of sp³-hybridized carbons (Fsp3) is 0.846. The Morgan fingerprint density at radius 1 is 1.44 bits per heavy atom. The topological polar surface area (TPSA) is 58.6 Å². The van der Waals surface area contributed by atoms with Gasteiger partial charge in [-0.25, -0.2) is 0 Å². The molecule has 1 unspecified atom stereocenters. The Hall–Kier alpha value is -1.10. The number of nitrogens with zero attached hydrogens (tertiary/aromatic N) is 1. The Morgan fingerprint density at radius 2 is 2.22 bits per heavy atom. The van der Waals surface area contributed by atoms with Crippen molar-refractivity contribution >= 4 is 11.9 Å². The van der Waals surface area contributed by atoms with E-state index in [1.54, 1.807) is 11.8 Å². The third-order valence-corrected chi connectivity index (χ3v) is 3.44. The van der Waals surface area contributed by atoms with Crippen molar-refractivity contribution in [2.75, 3.05) is 19.7 Å². The predicted molar refractivity (Wildman–Crippen MR) is 67.0 cm³/mol. The van der Waals surface area contributed by atoms with E-state index in [0.717, 1.165) is 19.4 Å². The summed E-state index contributed by atoms with van der Waals surface area (Å²) in [7, 11) is 0. The van der Waals surface area contributed by atoms with E-state index in [1.165, 1.54) is 12.8 Å². The first-order chi connectivity index (χ1) is 8.70. The van der Waals surface area contributed by atoms with E-state index in [0.29, 0.717) is 25.6 Å². The molecule has 18 heavy (non-hydrogen) atoms. The lowest BCUT2D eigenvalue weighted by Gasteiger charge is -2.32. The van der Waals surface area contributed by atoms with E-state index in [1.807, 2.05) is 0 Å². The minimum Gasteiger partial charge on any atom is -0.466 e. The smallest absolute Gasteiger partial charge is 0.307 e. The second kappa shape index (κ2) is 6.18. The van der Waals surface area contributed by atoms with Gasteiger partial charge in [-0.1, -0.05) is 0 Å². The number of hydrogen-bond acceptors (Lipinski definition) is 4. The Bertz CT molecular complexity index is 315. The van der Waals surface area contributed by atoms with Gasteiger partial charge in [-0.05, 0) is 32.6 Å².